The van der Waals surface area contributed by atoms with Gasteiger partial charge in [0.15, 0.2) is 0 Å². The number of nitrogens with one attached hydrogen (secondary N) is 1. The molecule has 1 N–H and O–H groups in total. The van der Waals surface area contributed by atoms with E-state index in [0.717, 1.165) is 30.0 Å². The van der Waals surface area contributed by atoms with Gasteiger partial charge in [-0.15, -0.1) is 11.3 Å². The second-order valence-corrected chi connectivity index (χ2v) is 7.73. The standard InChI is InChI=1S/C19H20N4O3S/c1-22(11-14-6-8-20-21-14)19(25)17-5-4-16(27-17)15-3-2-9-23(15)18(24)13-7-10-26-12-13/h4-8,10,12,15H,2-3,9,11H2,1H3,(H,20,21)/t15-/m0/s1. The summed E-state index contributed by atoms with van der Waals surface area (Å²) in [6, 6.07) is 7.36. The summed E-state index contributed by atoms with van der Waals surface area (Å²) in [5.41, 5.74) is 1.45. The van der Waals surface area contributed by atoms with E-state index in [1.807, 2.05) is 23.1 Å². The fourth-order valence-corrected chi connectivity index (χ4v) is 4.54. The molecule has 1 aliphatic heterocycles. The predicted octanol–water partition coefficient (Wildman–Crippen LogP) is 3.31. The lowest BCUT2D eigenvalue weighted by Crippen LogP contribution is -2.29. The summed E-state index contributed by atoms with van der Waals surface area (Å²) in [7, 11) is 1.77. The van der Waals surface area contributed by atoms with E-state index in [1.54, 1.807) is 24.2 Å². The lowest BCUT2D eigenvalue weighted by molar-refractivity contribution is 0.0736. The molecule has 0 unspecified atom stereocenters. The molecule has 27 heavy (non-hydrogen) atoms. The number of thiophene rings is 1. The van der Waals surface area contributed by atoms with Gasteiger partial charge in [-0.1, -0.05) is 0 Å². The Balaban J connectivity index is 1.48. The van der Waals surface area contributed by atoms with Crippen molar-refractivity contribution in [1.82, 2.24) is 20.0 Å². The average molecular weight is 384 g/mol. The van der Waals surface area contributed by atoms with Gasteiger partial charge in [-0.25, -0.2) is 0 Å². The Kier molecular flexibility index (Phi) is 4.81. The summed E-state index contributed by atoms with van der Waals surface area (Å²) in [5, 5.41) is 6.77. The van der Waals surface area contributed by atoms with Crippen LogP contribution in [-0.2, 0) is 6.54 Å². The summed E-state index contributed by atoms with van der Waals surface area (Å²) in [4.78, 5) is 30.7. The fourth-order valence-electron chi connectivity index (χ4n) is 3.39. The minimum absolute atomic E-state index is 0.0110. The second-order valence-electron chi connectivity index (χ2n) is 6.61. The van der Waals surface area contributed by atoms with E-state index in [9.17, 15) is 9.59 Å². The largest absolute Gasteiger partial charge is 0.472 e. The summed E-state index contributed by atoms with van der Waals surface area (Å²) in [6.45, 7) is 1.19. The SMILES string of the molecule is CN(Cc1ccn[nH]1)C(=O)c1ccc([C@@H]2CCCN2C(=O)c2ccoc2)s1. The van der Waals surface area contributed by atoms with Gasteiger partial charge in [0.1, 0.15) is 6.26 Å². The second kappa shape index (κ2) is 7.40. The van der Waals surface area contributed by atoms with Crippen LogP contribution < -0.4 is 0 Å². The first-order valence-electron chi connectivity index (χ1n) is 8.80. The predicted molar refractivity (Wildman–Crippen MR) is 100 cm³/mol. The molecule has 1 aliphatic rings. The van der Waals surface area contributed by atoms with Crippen LogP contribution in [-0.4, -0.2) is 45.4 Å². The Labute approximate surface area is 160 Å². The maximum absolute atomic E-state index is 12.7. The highest BCUT2D eigenvalue weighted by Crippen LogP contribution is 2.37. The zero-order valence-corrected chi connectivity index (χ0v) is 15.7. The van der Waals surface area contributed by atoms with Crippen molar-refractivity contribution in [2.45, 2.75) is 25.4 Å². The topological polar surface area (TPSA) is 82.4 Å². The van der Waals surface area contributed by atoms with E-state index in [-0.39, 0.29) is 17.9 Å². The number of aromatic nitrogens is 2. The Morgan fingerprint density at radius 1 is 1.37 bits per heavy atom. The zero-order valence-electron chi connectivity index (χ0n) is 14.9. The van der Waals surface area contributed by atoms with Crippen molar-refractivity contribution >= 4 is 23.2 Å². The van der Waals surface area contributed by atoms with Crippen LogP contribution in [0.3, 0.4) is 0 Å². The zero-order chi connectivity index (χ0) is 18.8. The van der Waals surface area contributed by atoms with Gasteiger partial charge in [-0.2, -0.15) is 5.10 Å². The molecule has 0 radical (unpaired) electrons. The quantitative estimate of drug-likeness (QED) is 0.732. The van der Waals surface area contributed by atoms with Crippen molar-refractivity contribution < 1.29 is 14.0 Å². The smallest absolute Gasteiger partial charge is 0.264 e. The van der Waals surface area contributed by atoms with Gasteiger partial charge in [-0.05, 0) is 37.1 Å². The number of carbonyl (C=O) groups excluding carboxylic acids is 2. The molecule has 0 saturated carbocycles. The monoisotopic (exact) mass is 384 g/mol. The summed E-state index contributed by atoms with van der Waals surface area (Å²) < 4.78 is 5.04. The molecule has 0 aromatic carbocycles. The van der Waals surface area contributed by atoms with Crippen LogP contribution in [0.1, 0.15) is 49.5 Å². The molecule has 7 nitrogen and oxygen atoms in total. The molecule has 8 heteroatoms. The first-order chi connectivity index (χ1) is 13.1. The van der Waals surface area contributed by atoms with E-state index in [2.05, 4.69) is 10.2 Å². The number of aromatic amines is 1. The summed E-state index contributed by atoms with van der Waals surface area (Å²) in [6.07, 6.45) is 6.51. The average Bonchev–Trinajstić information content (AvgIpc) is 3.47. The number of furan rings is 1. The number of nitrogens with zero attached hydrogens (tertiary/aromatic N) is 3. The van der Waals surface area contributed by atoms with Crippen molar-refractivity contribution in [1.29, 1.82) is 0 Å². The normalized spacial score (nSPS) is 16.6. The van der Waals surface area contributed by atoms with Gasteiger partial charge >= 0.3 is 0 Å². The number of rotatable bonds is 5. The summed E-state index contributed by atoms with van der Waals surface area (Å²) in [5.74, 6) is -0.0598. The maximum Gasteiger partial charge on any atom is 0.264 e. The van der Waals surface area contributed by atoms with Gasteiger partial charge < -0.3 is 14.2 Å². The Bertz CT molecular complexity index is 917. The number of hydrogen-bond acceptors (Lipinski definition) is 5. The van der Waals surface area contributed by atoms with Gasteiger partial charge in [-0.3, -0.25) is 14.7 Å². The molecule has 4 rings (SSSR count). The van der Waals surface area contributed by atoms with Crippen molar-refractivity contribution in [3.63, 3.8) is 0 Å². The van der Waals surface area contributed by atoms with Crippen molar-refractivity contribution in [2.75, 3.05) is 13.6 Å². The highest BCUT2D eigenvalue weighted by atomic mass is 32.1. The first kappa shape index (κ1) is 17.5. The van der Waals surface area contributed by atoms with Gasteiger partial charge in [0.05, 0.1) is 35.0 Å². The van der Waals surface area contributed by atoms with E-state index in [1.165, 1.54) is 23.9 Å². The molecular weight excluding hydrogens is 364 g/mol. The summed E-state index contributed by atoms with van der Waals surface area (Å²) >= 11 is 1.46. The number of carbonyl (C=O) groups is 2. The van der Waals surface area contributed by atoms with E-state index in [0.29, 0.717) is 17.0 Å². The highest BCUT2D eigenvalue weighted by Gasteiger charge is 2.32. The molecule has 140 valence electrons. The van der Waals surface area contributed by atoms with Crippen LogP contribution in [0.2, 0.25) is 0 Å². The third-order valence-electron chi connectivity index (χ3n) is 4.76. The van der Waals surface area contributed by atoms with Gasteiger partial charge in [0.2, 0.25) is 0 Å². The van der Waals surface area contributed by atoms with E-state index < -0.39 is 0 Å². The van der Waals surface area contributed by atoms with Crippen LogP contribution in [0.4, 0.5) is 0 Å². The van der Waals surface area contributed by atoms with Crippen molar-refractivity contribution in [3.8, 4) is 0 Å². The minimum atomic E-state index is -0.0356. The molecule has 3 aromatic heterocycles. The van der Waals surface area contributed by atoms with E-state index in [4.69, 9.17) is 4.42 Å². The van der Waals surface area contributed by atoms with Crippen LogP contribution in [0.5, 0.6) is 0 Å². The highest BCUT2D eigenvalue weighted by molar-refractivity contribution is 7.14. The molecule has 1 fully saturated rings. The number of amides is 2. The van der Waals surface area contributed by atoms with Crippen LogP contribution in [0, 0.1) is 0 Å². The first-order valence-corrected chi connectivity index (χ1v) is 9.62. The lowest BCUT2D eigenvalue weighted by Gasteiger charge is -2.23. The van der Waals surface area contributed by atoms with Crippen LogP contribution >= 0.6 is 11.3 Å². The third-order valence-corrected chi connectivity index (χ3v) is 5.93. The number of H-pyrrole nitrogens is 1. The van der Waals surface area contributed by atoms with Gasteiger partial charge in [0, 0.05) is 24.7 Å². The molecule has 1 atom stereocenters. The Morgan fingerprint density at radius 3 is 3.00 bits per heavy atom. The minimum Gasteiger partial charge on any atom is -0.472 e. The van der Waals surface area contributed by atoms with Crippen LogP contribution in [0.25, 0.3) is 0 Å². The van der Waals surface area contributed by atoms with Crippen molar-refractivity contribution in [3.05, 3.63) is 64.0 Å². The molecular formula is C19H20N4O3S. The Morgan fingerprint density at radius 2 is 2.26 bits per heavy atom. The molecule has 0 aliphatic carbocycles. The molecule has 4 heterocycles. The number of likely N-dealkylation sites (tertiary alicyclic amines) is 1. The van der Waals surface area contributed by atoms with Gasteiger partial charge in [0.25, 0.3) is 11.8 Å². The Hall–Kier alpha value is -2.87. The molecule has 3 aromatic rings. The maximum atomic E-state index is 12.7. The lowest BCUT2D eigenvalue weighted by atomic mass is 10.1. The van der Waals surface area contributed by atoms with E-state index >= 15 is 0 Å². The molecule has 0 bridgehead atoms. The third kappa shape index (κ3) is 3.52. The molecule has 0 spiro atoms. The van der Waals surface area contributed by atoms with Crippen LogP contribution in [0.15, 0.2) is 47.4 Å². The fraction of sp³-hybridized carbons (Fsp3) is 0.316. The number of hydrogen-bond donors (Lipinski definition) is 1. The molecule has 1 saturated heterocycles. The molecule has 2 amide bonds. The van der Waals surface area contributed by atoms with Crippen molar-refractivity contribution in [2.24, 2.45) is 0 Å².